The maximum absolute atomic E-state index is 12.1. The number of carbonyl (C=O) groups is 2. The number of carboxylic acid groups (broad SMARTS) is 1. The minimum Gasteiger partial charge on any atom is -0.481 e. The summed E-state index contributed by atoms with van der Waals surface area (Å²) >= 11 is 0. The van der Waals surface area contributed by atoms with Crippen LogP contribution in [0.25, 0.3) is 0 Å². The molecule has 0 aromatic rings. The predicted octanol–water partition coefficient (Wildman–Crippen LogP) is 1.48. The van der Waals surface area contributed by atoms with Gasteiger partial charge in [-0.25, -0.2) is 0 Å². The van der Waals surface area contributed by atoms with Crippen LogP contribution in [-0.4, -0.2) is 47.6 Å². The number of aliphatic carboxylic acids is 1. The fourth-order valence-electron chi connectivity index (χ4n) is 3.16. The van der Waals surface area contributed by atoms with Gasteiger partial charge in [-0.1, -0.05) is 13.3 Å². The lowest BCUT2D eigenvalue weighted by Crippen LogP contribution is -2.40. The van der Waals surface area contributed by atoms with Gasteiger partial charge >= 0.3 is 5.97 Å². The zero-order valence-electron chi connectivity index (χ0n) is 12.3. The molecule has 2 atom stereocenters. The zero-order chi connectivity index (χ0) is 14.5. The lowest BCUT2D eigenvalue weighted by molar-refractivity contribution is -0.144. The maximum atomic E-state index is 12.1. The van der Waals surface area contributed by atoms with Crippen LogP contribution in [0.2, 0.25) is 0 Å². The van der Waals surface area contributed by atoms with Crippen LogP contribution in [0.5, 0.6) is 0 Å². The highest BCUT2D eigenvalue weighted by Crippen LogP contribution is 2.29. The van der Waals surface area contributed by atoms with Crippen LogP contribution in [0, 0.1) is 11.8 Å². The molecule has 0 aromatic heterocycles. The number of nitrogens with one attached hydrogen (secondary N) is 1. The highest BCUT2D eigenvalue weighted by Gasteiger charge is 2.31. The molecule has 2 rings (SSSR count). The van der Waals surface area contributed by atoms with Gasteiger partial charge in [-0.05, 0) is 38.6 Å². The summed E-state index contributed by atoms with van der Waals surface area (Å²) in [6.45, 7) is 4.77. The first-order valence-corrected chi connectivity index (χ1v) is 7.86. The van der Waals surface area contributed by atoms with Crippen molar-refractivity contribution in [3.63, 3.8) is 0 Å². The average molecular weight is 282 g/mol. The van der Waals surface area contributed by atoms with Gasteiger partial charge in [-0.3, -0.25) is 14.5 Å². The highest BCUT2D eigenvalue weighted by atomic mass is 16.4. The van der Waals surface area contributed by atoms with Crippen LogP contribution in [0.4, 0.5) is 0 Å². The maximum Gasteiger partial charge on any atom is 0.306 e. The molecule has 0 spiro atoms. The summed E-state index contributed by atoms with van der Waals surface area (Å²) in [6.07, 6.45) is 5.45. The Bertz CT molecular complexity index is 355. The number of rotatable bonds is 7. The molecule has 0 aromatic carbocycles. The van der Waals surface area contributed by atoms with Gasteiger partial charge in [0.05, 0.1) is 5.92 Å². The first-order valence-electron chi connectivity index (χ1n) is 7.86. The van der Waals surface area contributed by atoms with E-state index in [1.165, 1.54) is 12.8 Å². The van der Waals surface area contributed by atoms with Crippen LogP contribution in [0.1, 0.15) is 45.4 Å². The van der Waals surface area contributed by atoms with E-state index in [0.717, 1.165) is 32.0 Å². The summed E-state index contributed by atoms with van der Waals surface area (Å²) in [7, 11) is 0. The fourth-order valence-corrected chi connectivity index (χ4v) is 3.16. The van der Waals surface area contributed by atoms with Crippen molar-refractivity contribution in [2.75, 3.05) is 19.6 Å². The Morgan fingerprint density at radius 2 is 1.90 bits per heavy atom. The summed E-state index contributed by atoms with van der Waals surface area (Å²) in [5, 5.41) is 12.0. The first-order chi connectivity index (χ1) is 9.61. The van der Waals surface area contributed by atoms with Crippen LogP contribution >= 0.6 is 0 Å². The van der Waals surface area contributed by atoms with Gasteiger partial charge < -0.3 is 10.4 Å². The molecule has 20 heavy (non-hydrogen) atoms. The minimum atomic E-state index is -0.756. The van der Waals surface area contributed by atoms with E-state index in [1.54, 1.807) is 0 Å². The van der Waals surface area contributed by atoms with Gasteiger partial charge in [0.15, 0.2) is 0 Å². The number of carbonyl (C=O) groups excluding carboxylic acids is 1. The topological polar surface area (TPSA) is 69.6 Å². The molecule has 0 bridgehead atoms. The van der Waals surface area contributed by atoms with Gasteiger partial charge in [0, 0.05) is 25.0 Å². The molecular weight excluding hydrogens is 256 g/mol. The van der Waals surface area contributed by atoms with Crippen molar-refractivity contribution in [3.05, 3.63) is 0 Å². The van der Waals surface area contributed by atoms with Gasteiger partial charge in [-0.15, -0.1) is 0 Å². The molecule has 0 heterocycles. The Morgan fingerprint density at radius 3 is 2.50 bits per heavy atom. The Hall–Kier alpha value is -1.10. The molecule has 114 valence electrons. The molecule has 2 fully saturated rings. The monoisotopic (exact) mass is 282 g/mol. The molecule has 0 saturated heterocycles. The number of carboxylic acids is 1. The third kappa shape index (κ3) is 4.20. The smallest absolute Gasteiger partial charge is 0.306 e. The summed E-state index contributed by atoms with van der Waals surface area (Å²) in [5.41, 5.74) is 0. The van der Waals surface area contributed by atoms with Gasteiger partial charge in [0.2, 0.25) is 5.91 Å². The summed E-state index contributed by atoms with van der Waals surface area (Å²) < 4.78 is 0. The summed E-state index contributed by atoms with van der Waals surface area (Å²) in [5.74, 6) is -1.16. The molecule has 5 heteroatoms. The Labute approximate surface area is 120 Å². The molecule has 2 aliphatic rings. The Balaban J connectivity index is 1.69. The van der Waals surface area contributed by atoms with E-state index in [1.807, 2.05) is 0 Å². The second kappa shape index (κ2) is 7.07. The molecule has 2 unspecified atom stereocenters. The molecular formula is C15H26N2O3. The largest absolute Gasteiger partial charge is 0.481 e. The molecule has 1 amide bonds. The van der Waals surface area contributed by atoms with E-state index in [9.17, 15) is 9.59 Å². The highest BCUT2D eigenvalue weighted by molar-refractivity contribution is 5.80. The lowest BCUT2D eigenvalue weighted by atomic mass is 9.81. The lowest BCUT2D eigenvalue weighted by Gasteiger charge is -2.26. The van der Waals surface area contributed by atoms with Crippen LogP contribution in [-0.2, 0) is 9.59 Å². The predicted molar refractivity (Wildman–Crippen MR) is 76.4 cm³/mol. The molecule has 2 aliphatic carbocycles. The van der Waals surface area contributed by atoms with Crippen LogP contribution < -0.4 is 5.32 Å². The number of amides is 1. The van der Waals surface area contributed by atoms with E-state index < -0.39 is 5.97 Å². The average Bonchev–Trinajstić information content (AvgIpc) is 3.28. The fraction of sp³-hybridized carbons (Fsp3) is 0.867. The SMILES string of the molecule is CCN(CCNC(=O)C1CCCC(C(=O)O)C1)C1CC1. The second-order valence-corrected chi connectivity index (χ2v) is 6.05. The standard InChI is InChI=1S/C15H26N2O3/c1-2-17(13-6-7-13)9-8-16-14(18)11-4-3-5-12(10-11)15(19)20/h11-13H,2-10H2,1H3,(H,16,18)(H,19,20). The van der Waals surface area contributed by atoms with Crippen molar-refractivity contribution in [1.29, 1.82) is 0 Å². The summed E-state index contributed by atoms with van der Waals surface area (Å²) in [4.78, 5) is 25.5. The van der Waals surface area contributed by atoms with Crippen molar-refractivity contribution >= 4 is 11.9 Å². The Morgan fingerprint density at radius 1 is 1.20 bits per heavy atom. The number of hydrogen-bond acceptors (Lipinski definition) is 3. The van der Waals surface area contributed by atoms with Crippen molar-refractivity contribution in [3.8, 4) is 0 Å². The van der Waals surface area contributed by atoms with Crippen molar-refractivity contribution in [2.45, 2.75) is 51.5 Å². The molecule has 0 aliphatic heterocycles. The van der Waals surface area contributed by atoms with Gasteiger partial charge in [0.1, 0.15) is 0 Å². The van der Waals surface area contributed by atoms with E-state index in [-0.39, 0.29) is 17.7 Å². The van der Waals surface area contributed by atoms with Crippen molar-refractivity contribution < 1.29 is 14.7 Å². The van der Waals surface area contributed by atoms with Gasteiger partial charge in [-0.2, -0.15) is 0 Å². The summed E-state index contributed by atoms with van der Waals surface area (Å²) in [6, 6.07) is 0.725. The molecule has 5 nitrogen and oxygen atoms in total. The molecule has 2 saturated carbocycles. The van der Waals surface area contributed by atoms with E-state index in [4.69, 9.17) is 5.11 Å². The number of nitrogens with zero attached hydrogens (tertiary/aromatic N) is 1. The zero-order valence-corrected chi connectivity index (χ0v) is 12.3. The quantitative estimate of drug-likeness (QED) is 0.742. The Kier molecular flexibility index (Phi) is 5.40. The second-order valence-electron chi connectivity index (χ2n) is 6.05. The number of hydrogen-bond donors (Lipinski definition) is 2. The first kappa shape index (κ1) is 15.3. The van der Waals surface area contributed by atoms with E-state index >= 15 is 0 Å². The third-order valence-corrected chi connectivity index (χ3v) is 4.56. The minimum absolute atomic E-state index is 0.0443. The third-order valence-electron chi connectivity index (χ3n) is 4.56. The van der Waals surface area contributed by atoms with Crippen molar-refractivity contribution in [1.82, 2.24) is 10.2 Å². The van der Waals surface area contributed by atoms with Crippen LogP contribution in [0.15, 0.2) is 0 Å². The van der Waals surface area contributed by atoms with Gasteiger partial charge in [0.25, 0.3) is 0 Å². The van der Waals surface area contributed by atoms with Crippen LogP contribution in [0.3, 0.4) is 0 Å². The van der Waals surface area contributed by atoms with Crippen molar-refractivity contribution in [2.24, 2.45) is 11.8 Å². The van der Waals surface area contributed by atoms with E-state index in [2.05, 4.69) is 17.1 Å². The normalized spacial score (nSPS) is 26.5. The molecule has 0 radical (unpaired) electrons. The number of likely N-dealkylation sites (N-methyl/N-ethyl adjacent to an activating group) is 1. The molecule has 2 N–H and O–H groups in total. The van der Waals surface area contributed by atoms with E-state index in [0.29, 0.717) is 19.4 Å².